The zero-order valence-electron chi connectivity index (χ0n) is 21.5. The molecule has 0 spiro atoms. The highest BCUT2D eigenvalue weighted by Gasteiger charge is 2.33. The zero-order valence-corrected chi connectivity index (χ0v) is 21.5. The second-order valence-electron chi connectivity index (χ2n) is 9.96. The SMILES string of the molecule is CCCCCCCCCC(CCCC(C)OC(C)C)C(C)(C)OOC(=O)c1ccccc1. The van der Waals surface area contributed by atoms with Crippen molar-refractivity contribution in [3.05, 3.63) is 35.9 Å². The maximum absolute atomic E-state index is 12.3. The Hall–Kier alpha value is -1.39. The lowest BCUT2D eigenvalue weighted by molar-refractivity contribution is -0.321. The molecule has 0 aromatic heterocycles. The highest BCUT2D eigenvalue weighted by atomic mass is 17.2. The summed E-state index contributed by atoms with van der Waals surface area (Å²) >= 11 is 0. The third-order valence-electron chi connectivity index (χ3n) is 6.15. The van der Waals surface area contributed by atoms with Gasteiger partial charge in [-0.3, -0.25) is 4.89 Å². The van der Waals surface area contributed by atoms with Crippen molar-refractivity contribution < 1.29 is 19.3 Å². The first kappa shape index (κ1) is 28.6. The van der Waals surface area contributed by atoms with Gasteiger partial charge in [0.1, 0.15) is 5.60 Å². The van der Waals surface area contributed by atoms with Gasteiger partial charge in [0.2, 0.25) is 0 Å². The van der Waals surface area contributed by atoms with Crippen LogP contribution in [0.25, 0.3) is 0 Å². The predicted octanol–water partition coefficient (Wildman–Crippen LogP) is 8.29. The van der Waals surface area contributed by atoms with Gasteiger partial charge in [-0.05, 0) is 71.9 Å². The maximum atomic E-state index is 12.3. The van der Waals surface area contributed by atoms with Gasteiger partial charge in [-0.25, -0.2) is 4.79 Å². The molecule has 0 amide bonds. The number of carbonyl (C=O) groups excluding carboxylic acids is 1. The summed E-state index contributed by atoms with van der Waals surface area (Å²) in [4.78, 5) is 23.4. The minimum atomic E-state index is -0.533. The second kappa shape index (κ2) is 16.3. The molecule has 0 bridgehead atoms. The van der Waals surface area contributed by atoms with Gasteiger partial charge < -0.3 is 4.74 Å². The molecular formula is C28H48O4. The molecule has 32 heavy (non-hydrogen) atoms. The van der Waals surface area contributed by atoms with Gasteiger partial charge in [-0.1, -0.05) is 76.5 Å². The third kappa shape index (κ3) is 12.6. The molecule has 0 saturated carbocycles. The topological polar surface area (TPSA) is 44.8 Å². The van der Waals surface area contributed by atoms with Gasteiger partial charge in [0.25, 0.3) is 0 Å². The van der Waals surface area contributed by atoms with E-state index in [0.717, 1.165) is 25.7 Å². The Bertz CT molecular complexity index is 597. The molecule has 0 aliphatic carbocycles. The van der Waals surface area contributed by atoms with Crippen molar-refractivity contribution in [1.29, 1.82) is 0 Å². The molecule has 2 unspecified atom stereocenters. The summed E-state index contributed by atoms with van der Waals surface area (Å²) < 4.78 is 5.89. The monoisotopic (exact) mass is 448 g/mol. The van der Waals surface area contributed by atoms with E-state index in [4.69, 9.17) is 14.5 Å². The molecule has 0 N–H and O–H groups in total. The largest absolute Gasteiger partial charge is 0.376 e. The molecule has 0 heterocycles. The molecule has 0 aliphatic rings. The van der Waals surface area contributed by atoms with Gasteiger partial charge in [-0.2, -0.15) is 4.89 Å². The quantitative estimate of drug-likeness (QED) is 0.129. The number of carbonyl (C=O) groups is 1. The highest BCUT2D eigenvalue weighted by Crippen LogP contribution is 2.32. The van der Waals surface area contributed by atoms with Crippen LogP contribution >= 0.6 is 0 Å². The molecule has 1 aromatic carbocycles. The number of rotatable bonds is 18. The Morgan fingerprint density at radius 1 is 0.844 bits per heavy atom. The van der Waals surface area contributed by atoms with Gasteiger partial charge in [0.15, 0.2) is 0 Å². The lowest BCUT2D eigenvalue weighted by Crippen LogP contribution is -2.36. The van der Waals surface area contributed by atoms with E-state index in [2.05, 4.69) is 27.7 Å². The van der Waals surface area contributed by atoms with Crippen molar-refractivity contribution in [3.63, 3.8) is 0 Å². The van der Waals surface area contributed by atoms with E-state index in [1.165, 1.54) is 44.9 Å². The molecule has 0 radical (unpaired) electrons. The summed E-state index contributed by atoms with van der Waals surface area (Å²) in [5, 5.41) is 0. The summed E-state index contributed by atoms with van der Waals surface area (Å²) in [5.74, 6) is -0.111. The first-order chi connectivity index (χ1) is 15.3. The lowest BCUT2D eigenvalue weighted by Gasteiger charge is -2.33. The van der Waals surface area contributed by atoms with Gasteiger partial charge in [-0.15, -0.1) is 0 Å². The number of hydrogen-bond acceptors (Lipinski definition) is 4. The fourth-order valence-electron chi connectivity index (χ4n) is 4.21. The highest BCUT2D eigenvalue weighted by molar-refractivity contribution is 5.88. The van der Waals surface area contributed by atoms with E-state index in [1.807, 2.05) is 32.0 Å². The molecule has 0 aliphatic heterocycles. The van der Waals surface area contributed by atoms with E-state index in [9.17, 15) is 4.79 Å². The van der Waals surface area contributed by atoms with Crippen LogP contribution in [-0.2, 0) is 14.5 Å². The number of ether oxygens (including phenoxy) is 1. The molecule has 0 fully saturated rings. The Balaban J connectivity index is 2.57. The minimum Gasteiger partial charge on any atom is -0.376 e. The molecule has 4 heteroatoms. The zero-order chi connectivity index (χ0) is 23.8. The fourth-order valence-corrected chi connectivity index (χ4v) is 4.21. The van der Waals surface area contributed by atoms with Gasteiger partial charge in [0.05, 0.1) is 17.8 Å². The van der Waals surface area contributed by atoms with Crippen LogP contribution in [0.3, 0.4) is 0 Å². The molecule has 1 aromatic rings. The standard InChI is InChI=1S/C28H48O4/c1-7-8-9-10-11-12-16-21-26(22-17-18-24(4)30-23(2)3)28(5,6)32-31-27(29)25-19-14-13-15-20-25/h13-15,19-20,23-24,26H,7-12,16-18,21-22H2,1-6H3. The van der Waals surface area contributed by atoms with Crippen LogP contribution in [-0.4, -0.2) is 23.8 Å². The predicted molar refractivity (Wildman–Crippen MR) is 133 cm³/mol. The van der Waals surface area contributed by atoms with E-state index in [-0.39, 0.29) is 12.2 Å². The summed E-state index contributed by atoms with van der Waals surface area (Å²) in [7, 11) is 0. The van der Waals surface area contributed by atoms with E-state index in [0.29, 0.717) is 11.5 Å². The Morgan fingerprint density at radius 2 is 1.44 bits per heavy atom. The summed E-state index contributed by atoms with van der Waals surface area (Å²) in [6.07, 6.45) is 13.8. The first-order valence-corrected chi connectivity index (χ1v) is 12.9. The Morgan fingerprint density at radius 3 is 2.06 bits per heavy atom. The van der Waals surface area contributed by atoms with Crippen LogP contribution in [0.2, 0.25) is 0 Å². The summed E-state index contributed by atoms with van der Waals surface area (Å²) in [6.45, 7) is 12.7. The van der Waals surface area contributed by atoms with Crippen LogP contribution in [0.4, 0.5) is 0 Å². The van der Waals surface area contributed by atoms with Crippen LogP contribution < -0.4 is 0 Å². The molecule has 184 valence electrons. The molecule has 4 nitrogen and oxygen atoms in total. The first-order valence-electron chi connectivity index (χ1n) is 12.9. The molecule has 1 rings (SSSR count). The molecule has 0 saturated heterocycles. The summed E-state index contributed by atoms with van der Waals surface area (Å²) in [6, 6.07) is 9.01. The lowest BCUT2D eigenvalue weighted by atomic mass is 9.82. The van der Waals surface area contributed by atoms with Crippen molar-refractivity contribution >= 4 is 5.97 Å². The minimum absolute atomic E-state index is 0.255. The Labute approximate surface area is 197 Å². The van der Waals surface area contributed by atoms with Crippen molar-refractivity contribution in [2.45, 2.75) is 130 Å². The van der Waals surface area contributed by atoms with Crippen LogP contribution in [0.5, 0.6) is 0 Å². The normalized spacial score (nSPS) is 13.8. The van der Waals surface area contributed by atoms with E-state index in [1.54, 1.807) is 12.1 Å². The molecular weight excluding hydrogens is 400 g/mol. The Kier molecular flexibility index (Phi) is 14.6. The smallest absolute Gasteiger partial charge is 0.373 e. The van der Waals surface area contributed by atoms with Crippen molar-refractivity contribution in [2.24, 2.45) is 5.92 Å². The average molecular weight is 449 g/mol. The number of hydrogen-bond donors (Lipinski definition) is 0. The second-order valence-corrected chi connectivity index (χ2v) is 9.96. The third-order valence-corrected chi connectivity index (χ3v) is 6.15. The molecule has 2 atom stereocenters. The van der Waals surface area contributed by atoms with Crippen LogP contribution in [0.1, 0.15) is 123 Å². The number of unbranched alkanes of at least 4 members (excludes halogenated alkanes) is 6. The maximum Gasteiger partial charge on any atom is 0.373 e. The van der Waals surface area contributed by atoms with Crippen molar-refractivity contribution in [3.8, 4) is 0 Å². The van der Waals surface area contributed by atoms with E-state index < -0.39 is 11.6 Å². The fraction of sp³-hybridized carbons (Fsp3) is 0.750. The summed E-state index contributed by atoms with van der Waals surface area (Å²) in [5.41, 5.74) is -0.0268. The average Bonchev–Trinajstić information content (AvgIpc) is 2.75. The van der Waals surface area contributed by atoms with E-state index >= 15 is 0 Å². The van der Waals surface area contributed by atoms with Gasteiger partial charge >= 0.3 is 5.97 Å². The van der Waals surface area contributed by atoms with Crippen molar-refractivity contribution in [1.82, 2.24) is 0 Å². The van der Waals surface area contributed by atoms with Crippen molar-refractivity contribution in [2.75, 3.05) is 0 Å². The number of benzene rings is 1. The van der Waals surface area contributed by atoms with Crippen LogP contribution in [0, 0.1) is 5.92 Å². The van der Waals surface area contributed by atoms with Crippen LogP contribution in [0.15, 0.2) is 30.3 Å². The van der Waals surface area contributed by atoms with Gasteiger partial charge in [0, 0.05) is 0 Å².